The fourth-order valence-electron chi connectivity index (χ4n) is 1.47. The number of anilines is 1. The largest absolute Gasteiger partial charge is 0.432 e. The van der Waals surface area contributed by atoms with Gasteiger partial charge in [0, 0.05) is 26.0 Å². The third-order valence-electron chi connectivity index (χ3n) is 2.49. The molecule has 2 aromatic rings. The molecule has 2 heterocycles. The minimum atomic E-state index is 0.377. The fourth-order valence-corrected chi connectivity index (χ4v) is 1.60. The molecule has 0 aliphatic carbocycles. The van der Waals surface area contributed by atoms with Crippen molar-refractivity contribution < 1.29 is 4.42 Å². The Bertz CT molecular complexity index is 458. The first-order valence-corrected chi connectivity index (χ1v) is 5.93. The SMILES string of the molecule is CN(CCc1ccncc1)c1nc(CCl)co1. The number of rotatable bonds is 5. The lowest BCUT2D eigenvalue weighted by Gasteiger charge is -2.13. The molecule has 0 fully saturated rings. The molecule has 0 aromatic carbocycles. The Labute approximate surface area is 105 Å². The third-order valence-corrected chi connectivity index (χ3v) is 2.76. The van der Waals surface area contributed by atoms with Crippen LogP contribution in [0.25, 0.3) is 0 Å². The topological polar surface area (TPSA) is 42.2 Å². The molecule has 0 atom stereocenters. The van der Waals surface area contributed by atoms with Crippen LogP contribution in [-0.2, 0) is 12.3 Å². The summed E-state index contributed by atoms with van der Waals surface area (Å²) in [5, 5.41) is 0. The summed E-state index contributed by atoms with van der Waals surface area (Å²) in [5.74, 6) is 0.377. The molecule has 0 N–H and O–H groups in total. The number of aromatic nitrogens is 2. The molecule has 5 heteroatoms. The fraction of sp³-hybridized carbons (Fsp3) is 0.333. The molecule has 0 saturated carbocycles. The summed E-state index contributed by atoms with van der Waals surface area (Å²) in [5.41, 5.74) is 2.01. The van der Waals surface area contributed by atoms with E-state index in [4.69, 9.17) is 16.0 Å². The Morgan fingerprint density at radius 2 is 2.12 bits per heavy atom. The van der Waals surface area contributed by atoms with E-state index in [0.29, 0.717) is 11.9 Å². The van der Waals surface area contributed by atoms with Crippen molar-refractivity contribution >= 4 is 17.6 Å². The molecule has 0 spiro atoms. The van der Waals surface area contributed by atoms with E-state index in [0.717, 1.165) is 18.7 Å². The lowest BCUT2D eigenvalue weighted by molar-refractivity contribution is 0.545. The van der Waals surface area contributed by atoms with Crippen molar-refractivity contribution in [2.45, 2.75) is 12.3 Å². The van der Waals surface area contributed by atoms with Gasteiger partial charge in [-0.05, 0) is 24.1 Å². The van der Waals surface area contributed by atoms with Crippen LogP contribution in [0.5, 0.6) is 0 Å². The second-order valence-electron chi connectivity index (χ2n) is 3.78. The van der Waals surface area contributed by atoms with E-state index < -0.39 is 0 Å². The molecule has 2 rings (SSSR count). The predicted molar refractivity (Wildman–Crippen MR) is 67.3 cm³/mol. The number of halogens is 1. The van der Waals surface area contributed by atoms with Crippen LogP contribution in [0.15, 0.2) is 35.2 Å². The van der Waals surface area contributed by atoms with E-state index in [1.54, 1.807) is 18.7 Å². The number of hydrogen-bond acceptors (Lipinski definition) is 4. The summed E-state index contributed by atoms with van der Waals surface area (Å²) in [7, 11) is 1.95. The van der Waals surface area contributed by atoms with Gasteiger partial charge < -0.3 is 9.32 Å². The van der Waals surface area contributed by atoms with Gasteiger partial charge in [-0.2, -0.15) is 4.98 Å². The first-order chi connectivity index (χ1) is 8.29. The quantitative estimate of drug-likeness (QED) is 0.766. The van der Waals surface area contributed by atoms with Gasteiger partial charge in [-0.25, -0.2) is 0 Å². The minimum absolute atomic E-state index is 0.377. The van der Waals surface area contributed by atoms with E-state index >= 15 is 0 Å². The van der Waals surface area contributed by atoms with Crippen molar-refractivity contribution in [3.63, 3.8) is 0 Å². The Morgan fingerprint density at radius 1 is 1.35 bits per heavy atom. The van der Waals surface area contributed by atoms with Crippen molar-refractivity contribution in [1.29, 1.82) is 0 Å². The highest BCUT2D eigenvalue weighted by atomic mass is 35.5. The van der Waals surface area contributed by atoms with Gasteiger partial charge in [-0.1, -0.05) is 0 Å². The van der Waals surface area contributed by atoms with Gasteiger partial charge >= 0.3 is 0 Å². The molecular weight excluding hydrogens is 238 g/mol. The van der Waals surface area contributed by atoms with Gasteiger partial charge in [0.25, 0.3) is 6.01 Å². The van der Waals surface area contributed by atoms with Crippen molar-refractivity contribution in [3.8, 4) is 0 Å². The van der Waals surface area contributed by atoms with Gasteiger partial charge in [0.1, 0.15) is 6.26 Å². The molecule has 0 saturated heterocycles. The summed E-state index contributed by atoms with van der Waals surface area (Å²) < 4.78 is 5.32. The normalized spacial score (nSPS) is 10.5. The molecule has 0 aliphatic heterocycles. The minimum Gasteiger partial charge on any atom is -0.432 e. The number of alkyl halides is 1. The standard InChI is InChI=1S/C12H14ClN3O/c1-16(12-15-11(8-13)9-17-12)7-4-10-2-5-14-6-3-10/h2-3,5-6,9H,4,7-8H2,1H3. The lowest BCUT2D eigenvalue weighted by atomic mass is 10.2. The number of likely N-dealkylation sites (N-methyl/N-ethyl adjacent to an activating group) is 1. The molecule has 0 aliphatic rings. The van der Waals surface area contributed by atoms with Crippen molar-refractivity contribution in [2.24, 2.45) is 0 Å². The van der Waals surface area contributed by atoms with Crippen LogP contribution in [0.3, 0.4) is 0 Å². The summed E-state index contributed by atoms with van der Waals surface area (Å²) in [6.45, 7) is 0.840. The van der Waals surface area contributed by atoms with Crippen LogP contribution < -0.4 is 4.90 Å². The van der Waals surface area contributed by atoms with Crippen LogP contribution >= 0.6 is 11.6 Å². The van der Waals surface area contributed by atoms with E-state index in [2.05, 4.69) is 9.97 Å². The van der Waals surface area contributed by atoms with E-state index in [1.165, 1.54) is 5.56 Å². The lowest BCUT2D eigenvalue weighted by Crippen LogP contribution is -2.20. The highest BCUT2D eigenvalue weighted by Crippen LogP contribution is 2.13. The predicted octanol–water partition coefficient (Wildman–Crippen LogP) is 2.49. The third kappa shape index (κ3) is 3.20. The van der Waals surface area contributed by atoms with Crippen LogP contribution in [0.4, 0.5) is 6.01 Å². The number of nitrogens with zero attached hydrogens (tertiary/aromatic N) is 3. The van der Waals surface area contributed by atoms with E-state index in [1.807, 2.05) is 24.1 Å². The van der Waals surface area contributed by atoms with Crippen LogP contribution in [0.2, 0.25) is 0 Å². The zero-order chi connectivity index (χ0) is 12.1. The molecule has 0 bridgehead atoms. The zero-order valence-electron chi connectivity index (χ0n) is 9.64. The molecule has 0 unspecified atom stereocenters. The van der Waals surface area contributed by atoms with E-state index in [-0.39, 0.29) is 0 Å². The Hall–Kier alpha value is -1.55. The second kappa shape index (κ2) is 5.68. The van der Waals surface area contributed by atoms with Gasteiger partial charge in [-0.3, -0.25) is 4.98 Å². The molecule has 0 amide bonds. The molecule has 4 nitrogen and oxygen atoms in total. The first-order valence-electron chi connectivity index (χ1n) is 5.40. The van der Waals surface area contributed by atoms with Crippen LogP contribution in [0.1, 0.15) is 11.3 Å². The summed E-state index contributed by atoms with van der Waals surface area (Å²) in [6, 6.07) is 4.62. The summed E-state index contributed by atoms with van der Waals surface area (Å²) in [6.07, 6.45) is 6.11. The second-order valence-corrected chi connectivity index (χ2v) is 4.05. The number of oxazole rings is 1. The Kier molecular flexibility index (Phi) is 3.98. The van der Waals surface area contributed by atoms with Gasteiger partial charge in [-0.15, -0.1) is 11.6 Å². The Balaban J connectivity index is 1.91. The van der Waals surface area contributed by atoms with Crippen LogP contribution in [0, 0.1) is 0 Å². The summed E-state index contributed by atoms with van der Waals surface area (Å²) in [4.78, 5) is 10.2. The molecule has 17 heavy (non-hydrogen) atoms. The highest BCUT2D eigenvalue weighted by Gasteiger charge is 2.08. The smallest absolute Gasteiger partial charge is 0.297 e. The zero-order valence-corrected chi connectivity index (χ0v) is 10.4. The van der Waals surface area contributed by atoms with Crippen molar-refractivity contribution in [1.82, 2.24) is 9.97 Å². The number of pyridine rings is 1. The maximum atomic E-state index is 5.67. The Morgan fingerprint density at radius 3 is 2.76 bits per heavy atom. The van der Waals surface area contributed by atoms with E-state index in [9.17, 15) is 0 Å². The monoisotopic (exact) mass is 251 g/mol. The first kappa shape index (κ1) is 11.9. The molecule has 0 radical (unpaired) electrons. The maximum Gasteiger partial charge on any atom is 0.297 e. The highest BCUT2D eigenvalue weighted by molar-refractivity contribution is 6.16. The van der Waals surface area contributed by atoms with Crippen molar-refractivity contribution in [2.75, 3.05) is 18.5 Å². The average molecular weight is 252 g/mol. The van der Waals surface area contributed by atoms with Gasteiger partial charge in [0.05, 0.1) is 11.6 Å². The van der Waals surface area contributed by atoms with Crippen LogP contribution in [-0.4, -0.2) is 23.6 Å². The summed E-state index contributed by atoms with van der Waals surface area (Å²) >= 11 is 5.67. The molecule has 2 aromatic heterocycles. The average Bonchev–Trinajstić information content (AvgIpc) is 2.86. The molecular formula is C12H14ClN3O. The number of hydrogen-bond donors (Lipinski definition) is 0. The van der Waals surface area contributed by atoms with Gasteiger partial charge in [0.2, 0.25) is 0 Å². The maximum absolute atomic E-state index is 5.67. The van der Waals surface area contributed by atoms with Gasteiger partial charge in [0.15, 0.2) is 0 Å². The molecule has 90 valence electrons. The van der Waals surface area contributed by atoms with Crippen molar-refractivity contribution in [3.05, 3.63) is 42.0 Å².